The van der Waals surface area contributed by atoms with Crippen LogP contribution in [0.15, 0.2) is 30.6 Å². The van der Waals surface area contributed by atoms with Crippen LogP contribution in [0.4, 0.5) is 0 Å². The van der Waals surface area contributed by atoms with Gasteiger partial charge in [0.05, 0.1) is 11.4 Å². The highest BCUT2D eigenvalue weighted by Gasteiger charge is 2.26. The SMILES string of the molecule is Cn1cc(C(OCC[Si](C)(C)C)c2cc3cccnc3[nH]2)nc1C(C)(C)C. The Morgan fingerprint density at radius 3 is 2.59 bits per heavy atom. The normalized spacial score (nSPS) is 14.0. The summed E-state index contributed by atoms with van der Waals surface area (Å²) in [6.45, 7) is 14.4. The molecular weight excluding hydrogens is 352 g/mol. The number of aromatic amines is 1. The molecule has 6 heteroatoms. The van der Waals surface area contributed by atoms with Crippen LogP contribution in [-0.4, -0.2) is 34.2 Å². The molecule has 3 aromatic rings. The largest absolute Gasteiger partial charge is 0.366 e. The molecule has 0 aromatic carbocycles. The Bertz CT molecular complexity index is 881. The van der Waals surface area contributed by atoms with Crippen molar-refractivity contribution in [2.75, 3.05) is 6.61 Å². The monoisotopic (exact) mass is 384 g/mol. The van der Waals surface area contributed by atoms with Gasteiger partial charge < -0.3 is 14.3 Å². The predicted molar refractivity (Wildman–Crippen MR) is 114 cm³/mol. The summed E-state index contributed by atoms with van der Waals surface area (Å²) in [5.41, 5.74) is 2.83. The maximum Gasteiger partial charge on any atom is 0.141 e. The van der Waals surface area contributed by atoms with Crippen molar-refractivity contribution in [1.82, 2.24) is 19.5 Å². The highest BCUT2D eigenvalue weighted by molar-refractivity contribution is 6.76. The number of ether oxygens (including phenoxy) is 1. The van der Waals surface area contributed by atoms with Crippen molar-refractivity contribution in [3.8, 4) is 0 Å². The highest BCUT2D eigenvalue weighted by Crippen LogP contribution is 2.30. The Labute approximate surface area is 163 Å². The van der Waals surface area contributed by atoms with Gasteiger partial charge in [-0.1, -0.05) is 40.4 Å². The number of hydrogen-bond donors (Lipinski definition) is 1. The van der Waals surface area contributed by atoms with E-state index in [1.165, 1.54) is 0 Å². The molecule has 0 fully saturated rings. The molecule has 0 aliphatic carbocycles. The molecule has 0 saturated carbocycles. The number of pyridine rings is 1. The molecule has 0 aliphatic heterocycles. The summed E-state index contributed by atoms with van der Waals surface area (Å²) >= 11 is 0. The summed E-state index contributed by atoms with van der Waals surface area (Å²) in [7, 11) is 0.892. The van der Waals surface area contributed by atoms with E-state index in [2.05, 4.69) is 80.3 Å². The van der Waals surface area contributed by atoms with Crippen molar-refractivity contribution >= 4 is 19.1 Å². The number of nitrogens with one attached hydrogen (secondary N) is 1. The van der Waals surface area contributed by atoms with Gasteiger partial charge in [0.25, 0.3) is 0 Å². The van der Waals surface area contributed by atoms with Gasteiger partial charge in [-0.3, -0.25) is 0 Å². The molecule has 1 atom stereocenters. The average molecular weight is 385 g/mol. The molecule has 3 heterocycles. The van der Waals surface area contributed by atoms with Crippen LogP contribution in [0, 0.1) is 0 Å². The standard InChI is InChI=1S/C21H32N4OSi/c1-21(2,3)20-24-17(14-25(20)4)18(26-11-12-27(5,6)7)16-13-15-9-8-10-22-19(15)23-16/h8-10,13-14,18H,11-12H2,1-7H3,(H,22,23). The van der Waals surface area contributed by atoms with E-state index < -0.39 is 8.07 Å². The minimum atomic E-state index is -1.17. The first kappa shape index (κ1) is 19.8. The van der Waals surface area contributed by atoms with Crippen molar-refractivity contribution in [1.29, 1.82) is 0 Å². The molecule has 0 radical (unpaired) electrons. The van der Waals surface area contributed by atoms with E-state index in [9.17, 15) is 0 Å². The van der Waals surface area contributed by atoms with Crippen molar-refractivity contribution in [3.05, 3.63) is 47.8 Å². The number of nitrogens with zero attached hydrogens (tertiary/aromatic N) is 3. The van der Waals surface area contributed by atoms with Gasteiger partial charge in [0, 0.05) is 44.9 Å². The molecule has 0 spiro atoms. The van der Waals surface area contributed by atoms with E-state index in [1.54, 1.807) is 0 Å². The first-order valence-electron chi connectivity index (χ1n) is 9.63. The molecule has 3 rings (SSSR count). The first-order valence-corrected chi connectivity index (χ1v) is 13.3. The Morgan fingerprint density at radius 1 is 1.26 bits per heavy atom. The van der Waals surface area contributed by atoms with E-state index in [-0.39, 0.29) is 11.5 Å². The van der Waals surface area contributed by atoms with Crippen LogP contribution in [0.2, 0.25) is 25.7 Å². The van der Waals surface area contributed by atoms with Crippen LogP contribution in [0.5, 0.6) is 0 Å². The number of H-pyrrole nitrogens is 1. The fourth-order valence-electron chi connectivity index (χ4n) is 3.25. The van der Waals surface area contributed by atoms with Crippen LogP contribution in [0.1, 0.15) is 44.1 Å². The fraction of sp³-hybridized carbons (Fsp3) is 0.524. The van der Waals surface area contributed by atoms with Crippen LogP contribution in [-0.2, 0) is 17.2 Å². The molecule has 3 aromatic heterocycles. The molecule has 0 bridgehead atoms. The fourth-order valence-corrected chi connectivity index (χ4v) is 3.98. The first-order chi connectivity index (χ1) is 12.5. The van der Waals surface area contributed by atoms with Gasteiger partial charge in [-0.15, -0.1) is 0 Å². The third-order valence-electron chi connectivity index (χ3n) is 4.67. The van der Waals surface area contributed by atoms with Gasteiger partial charge in [-0.2, -0.15) is 0 Å². The molecule has 27 heavy (non-hydrogen) atoms. The topological polar surface area (TPSA) is 55.7 Å². The van der Waals surface area contributed by atoms with Crippen molar-refractivity contribution in [2.24, 2.45) is 7.05 Å². The second kappa shape index (κ2) is 7.24. The maximum absolute atomic E-state index is 6.40. The molecule has 5 nitrogen and oxygen atoms in total. The van der Waals surface area contributed by atoms with Crippen LogP contribution >= 0.6 is 0 Å². The quantitative estimate of drug-likeness (QED) is 0.606. The molecule has 1 N–H and O–H groups in total. The van der Waals surface area contributed by atoms with Crippen molar-refractivity contribution in [2.45, 2.75) is 58.0 Å². The molecule has 0 amide bonds. The summed E-state index contributed by atoms with van der Waals surface area (Å²) in [6, 6.07) is 7.29. The van der Waals surface area contributed by atoms with Crippen LogP contribution < -0.4 is 0 Å². The second-order valence-corrected chi connectivity index (χ2v) is 15.2. The minimum absolute atomic E-state index is 0.0160. The average Bonchev–Trinajstić information content (AvgIpc) is 3.13. The summed E-state index contributed by atoms with van der Waals surface area (Å²) in [5, 5.41) is 1.10. The molecular formula is C21H32N4OSi. The van der Waals surface area contributed by atoms with Crippen molar-refractivity contribution in [3.63, 3.8) is 0 Å². The smallest absolute Gasteiger partial charge is 0.141 e. The molecule has 0 saturated heterocycles. The maximum atomic E-state index is 6.40. The minimum Gasteiger partial charge on any atom is -0.366 e. The van der Waals surface area contributed by atoms with Gasteiger partial charge in [0.2, 0.25) is 0 Å². The Kier molecular flexibility index (Phi) is 5.32. The summed E-state index contributed by atoms with van der Waals surface area (Å²) in [5.74, 6) is 1.06. The number of hydrogen-bond acceptors (Lipinski definition) is 3. The van der Waals surface area contributed by atoms with Gasteiger partial charge in [-0.05, 0) is 24.2 Å². The third kappa shape index (κ3) is 4.68. The number of imidazole rings is 1. The molecule has 1 unspecified atom stereocenters. The van der Waals surface area contributed by atoms with Gasteiger partial charge in [0.1, 0.15) is 17.6 Å². The van der Waals surface area contributed by atoms with E-state index >= 15 is 0 Å². The van der Waals surface area contributed by atoms with Crippen molar-refractivity contribution < 1.29 is 4.74 Å². The Hall–Kier alpha value is -1.92. The lowest BCUT2D eigenvalue weighted by molar-refractivity contribution is 0.0854. The lowest BCUT2D eigenvalue weighted by Crippen LogP contribution is -2.22. The van der Waals surface area contributed by atoms with Gasteiger partial charge >= 0.3 is 0 Å². The van der Waals surface area contributed by atoms with E-state index in [0.717, 1.165) is 40.9 Å². The number of fused-ring (bicyclic) bond motifs is 1. The van der Waals surface area contributed by atoms with Crippen LogP contribution in [0.25, 0.3) is 11.0 Å². The second-order valence-electron chi connectivity index (χ2n) is 9.58. The number of aromatic nitrogens is 4. The Morgan fingerprint density at radius 2 is 2.00 bits per heavy atom. The zero-order valence-corrected chi connectivity index (χ0v) is 18.6. The summed E-state index contributed by atoms with van der Waals surface area (Å²) in [6.07, 6.45) is 3.69. The van der Waals surface area contributed by atoms with Gasteiger partial charge in [-0.25, -0.2) is 9.97 Å². The van der Waals surface area contributed by atoms with Crippen LogP contribution in [0.3, 0.4) is 0 Å². The van der Waals surface area contributed by atoms with E-state index in [4.69, 9.17) is 9.72 Å². The number of aryl methyl sites for hydroxylation is 1. The zero-order chi connectivity index (χ0) is 19.8. The third-order valence-corrected chi connectivity index (χ3v) is 6.37. The lowest BCUT2D eigenvalue weighted by Gasteiger charge is -2.20. The number of rotatable bonds is 6. The van der Waals surface area contributed by atoms with E-state index in [1.807, 2.05) is 12.3 Å². The summed E-state index contributed by atoms with van der Waals surface area (Å²) in [4.78, 5) is 12.8. The summed E-state index contributed by atoms with van der Waals surface area (Å²) < 4.78 is 8.52. The Balaban J connectivity index is 1.97. The lowest BCUT2D eigenvalue weighted by atomic mass is 9.96. The predicted octanol–water partition coefficient (Wildman–Crippen LogP) is 5.04. The highest BCUT2D eigenvalue weighted by atomic mass is 28.3. The van der Waals surface area contributed by atoms with E-state index in [0.29, 0.717) is 0 Å². The van der Waals surface area contributed by atoms with Gasteiger partial charge in [0.15, 0.2) is 0 Å². The zero-order valence-electron chi connectivity index (χ0n) is 17.6. The molecule has 0 aliphatic rings. The molecule has 146 valence electrons.